The van der Waals surface area contributed by atoms with E-state index >= 15 is 0 Å². The molecule has 0 radical (unpaired) electrons. The number of amides is 1. The summed E-state index contributed by atoms with van der Waals surface area (Å²) < 4.78 is 0. The van der Waals surface area contributed by atoms with Crippen LogP contribution in [0.15, 0.2) is 18.3 Å². The fourth-order valence-corrected chi connectivity index (χ4v) is 2.19. The number of aromatic nitrogens is 1. The maximum Gasteiger partial charge on any atom is 0.407 e. The zero-order valence-electron chi connectivity index (χ0n) is 11.9. The monoisotopic (exact) mass is 262 g/mol. The average molecular weight is 262 g/mol. The molecule has 1 aromatic heterocycles. The smallest absolute Gasteiger partial charge is 0.407 e. The predicted octanol–water partition coefficient (Wildman–Crippen LogP) is 3.28. The molecule has 0 bridgehead atoms. The van der Waals surface area contributed by atoms with E-state index in [9.17, 15) is 9.90 Å². The molecule has 104 valence electrons. The van der Waals surface area contributed by atoms with Gasteiger partial charge in [-0.1, -0.05) is 6.07 Å². The fourth-order valence-electron chi connectivity index (χ4n) is 2.19. The van der Waals surface area contributed by atoms with E-state index in [0.717, 1.165) is 5.69 Å². The van der Waals surface area contributed by atoms with Gasteiger partial charge in [0.15, 0.2) is 0 Å². The molecule has 0 saturated heterocycles. The molecule has 1 fully saturated rings. The van der Waals surface area contributed by atoms with Crippen LogP contribution in [0.3, 0.4) is 0 Å². The largest absolute Gasteiger partial charge is 0.465 e. The van der Waals surface area contributed by atoms with Crippen molar-refractivity contribution in [2.24, 2.45) is 0 Å². The van der Waals surface area contributed by atoms with E-state index in [2.05, 4.69) is 11.1 Å². The lowest BCUT2D eigenvalue weighted by Gasteiger charge is -2.33. The minimum absolute atomic E-state index is 0.375. The molecule has 1 N–H and O–H groups in total. The topological polar surface area (TPSA) is 53.4 Å². The highest BCUT2D eigenvalue weighted by atomic mass is 16.4. The number of pyridine rings is 1. The highest BCUT2D eigenvalue weighted by Crippen LogP contribution is 2.39. The Morgan fingerprint density at radius 3 is 2.53 bits per heavy atom. The first-order valence-corrected chi connectivity index (χ1v) is 6.83. The summed E-state index contributed by atoms with van der Waals surface area (Å²) in [7, 11) is 0. The Hall–Kier alpha value is -1.58. The van der Waals surface area contributed by atoms with Gasteiger partial charge >= 0.3 is 6.09 Å². The molecule has 1 aromatic rings. The normalized spacial score (nSPS) is 15.3. The van der Waals surface area contributed by atoms with E-state index < -0.39 is 6.09 Å². The molecule has 1 heterocycles. The van der Waals surface area contributed by atoms with Gasteiger partial charge in [-0.3, -0.25) is 4.98 Å². The van der Waals surface area contributed by atoms with E-state index in [1.54, 1.807) is 0 Å². The predicted molar refractivity (Wildman–Crippen MR) is 74.4 cm³/mol. The van der Waals surface area contributed by atoms with Crippen molar-refractivity contribution >= 4 is 6.09 Å². The molecule has 0 spiro atoms. The molecule has 1 saturated carbocycles. The number of nitrogens with zero attached hydrogens (tertiary/aromatic N) is 2. The van der Waals surface area contributed by atoms with E-state index in [1.165, 1.54) is 23.3 Å². The molecule has 2 rings (SSSR count). The summed E-state index contributed by atoms with van der Waals surface area (Å²) in [4.78, 5) is 17.1. The van der Waals surface area contributed by atoms with Crippen molar-refractivity contribution in [3.8, 4) is 0 Å². The molecule has 19 heavy (non-hydrogen) atoms. The maximum absolute atomic E-state index is 11.2. The quantitative estimate of drug-likeness (QED) is 0.906. The molecule has 1 amide bonds. The number of hydrogen-bond acceptors (Lipinski definition) is 2. The number of carboxylic acid groups (broad SMARTS) is 1. The van der Waals surface area contributed by atoms with E-state index in [0.29, 0.717) is 18.9 Å². The third kappa shape index (κ3) is 3.69. The summed E-state index contributed by atoms with van der Waals surface area (Å²) in [6, 6.07) is 4.15. The molecule has 4 heteroatoms. The van der Waals surface area contributed by atoms with Gasteiger partial charge in [-0.15, -0.1) is 0 Å². The third-order valence-electron chi connectivity index (χ3n) is 3.53. The lowest BCUT2D eigenvalue weighted by molar-refractivity contribution is 0.101. The van der Waals surface area contributed by atoms with Crippen LogP contribution in [0.5, 0.6) is 0 Å². The van der Waals surface area contributed by atoms with Gasteiger partial charge in [-0.05, 0) is 51.2 Å². The summed E-state index contributed by atoms with van der Waals surface area (Å²) >= 11 is 0. The van der Waals surface area contributed by atoms with Gasteiger partial charge in [0.2, 0.25) is 0 Å². The van der Waals surface area contributed by atoms with Crippen LogP contribution < -0.4 is 0 Å². The standard InChI is InChI=1S/C15H22N2O2/c1-15(2,3)17(14(18)19)9-8-13-7-6-12(10-16-13)11-4-5-11/h6-7,10-11H,4-5,8-9H2,1-3H3,(H,18,19). The molecular formula is C15H22N2O2. The van der Waals surface area contributed by atoms with Crippen molar-refractivity contribution in [2.75, 3.05) is 6.54 Å². The molecule has 0 aromatic carbocycles. The van der Waals surface area contributed by atoms with Crippen LogP contribution >= 0.6 is 0 Å². The van der Waals surface area contributed by atoms with Gasteiger partial charge in [0.1, 0.15) is 0 Å². The highest BCUT2D eigenvalue weighted by molar-refractivity contribution is 5.66. The highest BCUT2D eigenvalue weighted by Gasteiger charge is 2.26. The minimum atomic E-state index is -0.873. The van der Waals surface area contributed by atoms with Crippen LogP contribution in [0.25, 0.3) is 0 Å². The Morgan fingerprint density at radius 1 is 1.42 bits per heavy atom. The Balaban J connectivity index is 1.94. The molecule has 1 aliphatic carbocycles. The lowest BCUT2D eigenvalue weighted by Crippen LogP contribution is -2.46. The lowest BCUT2D eigenvalue weighted by atomic mass is 10.1. The molecular weight excluding hydrogens is 240 g/mol. The van der Waals surface area contributed by atoms with Gasteiger partial charge in [-0.2, -0.15) is 0 Å². The first-order valence-electron chi connectivity index (χ1n) is 6.83. The summed E-state index contributed by atoms with van der Waals surface area (Å²) in [5.74, 6) is 0.714. The van der Waals surface area contributed by atoms with E-state index in [1.807, 2.05) is 33.0 Å². The van der Waals surface area contributed by atoms with Crippen molar-refractivity contribution in [2.45, 2.75) is 51.5 Å². The van der Waals surface area contributed by atoms with E-state index in [-0.39, 0.29) is 5.54 Å². The average Bonchev–Trinajstić information content (AvgIpc) is 3.11. The fraction of sp³-hybridized carbons (Fsp3) is 0.600. The molecule has 0 atom stereocenters. The molecule has 4 nitrogen and oxygen atoms in total. The Morgan fingerprint density at radius 2 is 2.11 bits per heavy atom. The molecule has 0 aliphatic heterocycles. The van der Waals surface area contributed by atoms with E-state index in [4.69, 9.17) is 0 Å². The van der Waals surface area contributed by atoms with Crippen LogP contribution in [-0.2, 0) is 6.42 Å². The maximum atomic E-state index is 11.2. The second-order valence-corrected chi connectivity index (χ2v) is 6.21. The van der Waals surface area contributed by atoms with Crippen LogP contribution in [0, 0.1) is 0 Å². The number of rotatable bonds is 4. The van der Waals surface area contributed by atoms with Gasteiger partial charge in [0.05, 0.1) is 0 Å². The van der Waals surface area contributed by atoms with Crippen molar-refractivity contribution in [3.05, 3.63) is 29.6 Å². The first-order chi connectivity index (χ1) is 8.88. The minimum Gasteiger partial charge on any atom is -0.465 e. The Labute approximate surface area is 114 Å². The van der Waals surface area contributed by atoms with Gasteiger partial charge < -0.3 is 10.0 Å². The summed E-state index contributed by atoms with van der Waals surface area (Å²) in [5.41, 5.74) is 1.90. The SMILES string of the molecule is CC(C)(C)N(CCc1ccc(C2CC2)cn1)C(=O)O. The number of carbonyl (C=O) groups is 1. The van der Waals surface area contributed by atoms with Crippen LogP contribution in [-0.4, -0.2) is 33.2 Å². The van der Waals surface area contributed by atoms with Crippen molar-refractivity contribution in [1.82, 2.24) is 9.88 Å². The number of hydrogen-bond donors (Lipinski definition) is 1. The Bertz CT molecular complexity index is 444. The summed E-state index contributed by atoms with van der Waals surface area (Å²) in [5, 5.41) is 9.22. The zero-order chi connectivity index (χ0) is 14.0. The second kappa shape index (κ2) is 5.19. The molecule has 0 unspecified atom stereocenters. The van der Waals surface area contributed by atoms with Crippen molar-refractivity contribution in [3.63, 3.8) is 0 Å². The Kier molecular flexibility index (Phi) is 3.78. The first kappa shape index (κ1) is 13.8. The second-order valence-electron chi connectivity index (χ2n) is 6.21. The van der Waals surface area contributed by atoms with Gasteiger partial charge in [0.25, 0.3) is 0 Å². The van der Waals surface area contributed by atoms with Crippen LogP contribution in [0.1, 0.15) is 50.8 Å². The zero-order valence-corrected chi connectivity index (χ0v) is 11.9. The third-order valence-corrected chi connectivity index (χ3v) is 3.53. The van der Waals surface area contributed by atoms with Crippen molar-refractivity contribution < 1.29 is 9.90 Å². The van der Waals surface area contributed by atoms with Crippen LogP contribution in [0.2, 0.25) is 0 Å². The van der Waals surface area contributed by atoms with Gasteiger partial charge in [-0.25, -0.2) is 4.79 Å². The van der Waals surface area contributed by atoms with Crippen molar-refractivity contribution in [1.29, 1.82) is 0 Å². The molecule has 1 aliphatic rings. The van der Waals surface area contributed by atoms with Crippen LogP contribution in [0.4, 0.5) is 4.79 Å². The van der Waals surface area contributed by atoms with Gasteiger partial charge in [0, 0.05) is 30.4 Å². The summed E-state index contributed by atoms with van der Waals surface area (Å²) in [6.45, 7) is 6.20. The summed E-state index contributed by atoms with van der Waals surface area (Å²) in [6.07, 6.45) is 4.28.